The van der Waals surface area contributed by atoms with E-state index in [1.807, 2.05) is 6.07 Å². The molecule has 30 heavy (non-hydrogen) atoms. The van der Waals surface area contributed by atoms with Gasteiger partial charge in [0.15, 0.2) is 0 Å². The van der Waals surface area contributed by atoms with Gasteiger partial charge in [-0.1, -0.05) is 36.9 Å². The van der Waals surface area contributed by atoms with Gasteiger partial charge >= 0.3 is 5.97 Å². The van der Waals surface area contributed by atoms with E-state index in [-0.39, 0.29) is 30.0 Å². The molecule has 156 valence electrons. The van der Waals surface area contributed by atoms with Crippen molar-refractivity contribution in [2.24, 2.45) is 0 Å². The van der Waals surface area contributed by atoms with Crippen molar-refractivity contribution in [3.8, 4) is 5.75 Å². The molecule has 2 rings (SSSR count). The van der Waals surface area contributed by atoms with Crippen molar-refractivity contribution < 1.29 is 24.0 Å². The lowest BCUT2D eigenvalue weighted by atomic mass is 10.1. The molecule has 0 aliphatic heterocycles. The van der Waals surface area contributed by atoms with Gasteiger partial charge in [0.05, 0.1) is 11.5 Å². The van der Waals surface area contributed by atoms with E-state index in [9.17, 15) is 24.5 Å². The number of esters is 1. The fourth-order valence-electron chi connectivity index (χ4n) is 2.42. The van der Waals surface area contributed by atoms with Crippen LogP contribution in [0.4, 0.5) is 5.69 Å². The lowest BCUT2D eigenvalue weighted by Crippen LogP contribution is -2.48. The molecular formula is C21H21N3O6. The molecule has 0 radical (unpaired) electrons. The van der Waals surface area contributed by atoms with Gasteiger partial charge in [-0.25, -0.2) is 4.79 Å². The Kier molecular flexibility index (Phi) is 7.81. The van der Waals surface area contributed by atoms with E-state index in [1.165, 1.54) is 31.2 Å². The van der Waals surface area contributed by atoms with Crippen LogP contribution in [0.2, 0.25) is 0 Å². The number of nitrogens with one attached hydrogen (secondary N) is 2. The number of ether oxygens (including phenoxy) is 1. The smallest absolute Gasteiger partial charge is 0.334 e. The number of non-ortho nitro benzene ring substituents is 1. The predicted molar refractivity (Wildman–Crippen MR) is 109 cm³/mol. The topological polar surface area (TPSA) is 128 Å². The van der Waals surface area contributed by atoms with Gasteiger partial charge in [-0.3, -0.25) is 19.7 Å². The summed E-state index contributed by atoms with van der Waals surface area (Å²) in [6.45, 7) is 4.66. The van der Waals surface area contributed by atoms with Gasteiger partial charge in [-0.2, -0.15) is 0 Å². The number of benzene rings is 2. The third-order valence-corrected chi connectivity index (χ3v) is 3.97. The average molecular weight is 411 g/mol. The summed E-state index contributed by atoms with van der Waals surface area (Å²) in [6.07, 6.45) is 0.160. The quantitative estimate of drug-likeness (QED) is 0.213. The second-order valence-electron chi connectivity index (χ2n) is 6.44. The number of hydrogen-bond donors (Lipinski definition) is 2. The summed E-state index contributed by atoms with van der Waals surface area (Å²) < 4.78 is 5.27. The summed E-state index contributed by atoms with van der Waals surface area (Å²) in [6, 6.07) is 13.0. The number of amides is 2. The van der Waals surface area contributed by atoms with Crippen molar-refractivity contribution in [2.45, 2.75) is 19.4 Å². The maximum Gasteiger partial charge on any atom is 0.334 e. The van der Waals surface area contributed by atoms with E-state index in [0.717, 1.165) is 5.56 Å². The van der Waals surface area contributed by atoms with Gasteiger partial charge < -0.3 is 15.4 Å². The maximum atomic E-state index is 12.6. The molecule has 2 aromatic rings. The molecule has 0 saturated heterocycles. The largest absolute Gasteiger partial charge is 0.425 e. The average Bonchev–Trinajstić information content (AvgIpc) is 2.72. The van der Waals surface area contributed by atoms with Crippen LogP contribution in [0.25, 0.3) is 0 Å². The molecule has 1 atom stereocenters. The summed E-state index contributed by atoms with van der Waals surface area (Å²) in [5, 5.41) is 15.7. The number of carbonyl (C=O) groups excluding carboxylic acids is 3. The van der Waals surface area contributed by atoms with Crippen molar-refractivity contribution in [3.05, 3.63) is 82.4 Å². The van der Waals surface area contributed by atoms with Crippen LogP contribution >= 0.6 is 0 Å². The molecule has 2 aromatic carbocycles. The van der Waals surface area contributed by atoms with Gasteiger partial charge in [0.2, 0.25) is 11.8 Å². The Morgan fingerprint density at radius 3 is 2.30 bits per heavy atom. The highest BCUT2D eigenvalue weighted by molar-refractivity contribution is 5.95. The maximum absolute atomic E-state index is 12.6. The number of carbonyl (C=O) groups is 3. The first-order valence-electron chi connectivity index (χ1n) is 8.99. The molecule has 0 heterocycles. The number of hydrogen-bond acceptors (Lipinski definition) is 6. The van der Waals surface area contributed by atoms with Gasteiger partial charge in [0.1, 0.15) is 11.8 Å². The predicted octanol–water partition coefficient (Wildman–Crippen LogP) is 1.92. The zero-order valence-electron chi connectivity index (χ0n) is 16.3. The number of nitro benzene ring substituents is 1. The second kappa shape index (κ2) is 10.5. The Balaban J connectivity index is 2.08. The molecule has 9 heteroatoms. The molecule has 9 nitrogen and oxygen atoms in total. The van der Waals surface area contributed by atoms with E-state index < -0.39 is 28.7 Å². The Labute approximate surface area is 172 Å². The summed E-state index contributed by atoms with van der Waals surface area (Å²) in [5.74, 6) is -1.69. The minimum atomic E-state index is -1.03. The zero-order chi connectivity index (χ0) is 22.1. The highest BCUT2D eigenvalue weighted by atomic mass is 16.6. The molecular weight excluding hydrogens is 390 g/mol. The fourth-order valence-corrected chi connectivity index (χ4v) is 2.42. The Bertz CT molecular complexity index is 941. The molecule has 0 unspecified atom stereocenters. The molecule has 0 aromatic heterocycles. The van der Waals surface area contributed by atoms with Gasteiger partial charge in [0, 0.05) is 24.1 Å². The van der Waals surface area contributed by atoms with Crippen LogP contribution in [0, 0.1) is 10.1 Å². The molecule has 2 amide bonds. The van der Waals surface area contributed by atoms with Crippen LogP contribution in [0.15, 0.2) is 66.7 Å². The van der Waals surface area contributed by atoms with E-state index in [1.54, 1.807) is 24.3 Å². The first kappa shape index (κ1) is 22.3. The molecule has 0 spiro atoms. The minimum absolute atomic E-state index is 0.105. The summed E-state index contributed by atoms with van der Waals surface area (Å²) in [4.78, 5) is 46.6. The monoisotopic (exact) mass is 411 g/mol. The van der Waals surface area contributed by atoms with E-state index in [2.05, 4.69) is 17.2 Å². The first-order chi connectivity index (χ1) is 14.3. The summed E-state index contributed by atoms with van der Waals surface area (Å²) in [7, 11) is 0. The van der Waals surface area contributed by atoms with E-state index in [4.69, 9.17) is 4.74 Å². The van der Waals surface area contributed by atoms with E-state index in [0.29, 0.717) is 0 Å². The summed E-state index contributed by atoms with van der Waals surface area (Å²) >= 11 is 0. The van der Waals surface area contributed by atoms with Crippen LogP contribution < -0.4 is 15.4 Å². The molecule has 0 aliphatic rings. The number of nitro groups is 1. The van der Waals surface area contributed by atoms with Crippen LogP contribution in [0.1, 0.15) is 12.5 Å². The third-order valence-electron chi connectivity index (χ3n) is 3.97. The Morgan fingerprint density at radius 1 is 1.10 bits per heavy atom. The van der Waals surface area contributed by atoms with E-state index >= 15 is 0 Å². The summed E-state index contributed by atoms with van der Waals surface area (Å²) in [5.41, 5.74) is 0.896. The second-order valence-corrected chi connectivity index (χ2v) is 6.44. The van der Waals surface area contributed by atoms with Gasteiger partial charge in [-0.05, 0) is 24.6 Å². The molecule has 0 saturated carbocycles. The lowest BCUT2D eigenvalue weighted by molar-refractivity contribution is -0.384. The first-order valence-corrected chi connectivity index (χ1v) is 8.99. The third kappa shape index (κ3) is 6.86. The van der Waals surface area contributed by atoms with Crippen molar-refractivity contribution in [3.63, 3.8) is 0 Å². The normalized spacial score (nSPS) is 11.1. The standard InChI is InChI=1S/C21H21N3O6/c1-14(2)20(26)22-13-19(25)23-18(12-15-6-4-3-5-7-15)21(27)30-17-10-8-16(9-11-17)24(28)29/h3-11,18H,1,12-13H2,2H3,(H,22,26)(H,23,25)/t18-/m0/s1. The Hall–Kier alpha value is -4.01. The van der Waals surface area contributed by atoms with Crippen LogP contribution in [-0.4, -0.2) is 35.3 Å². The van der Waals surface area contributed by atoms with Crippen LogP contribution in [0.5, 0.6) is 5.75 Å². The SMILES string of the molecule is C=C(C)C(=O)NCC(=O)N[C@@H](Cc1ccccc1)C(=O)Oc1ccc([N+](=O)[O-])cc1. The highest BCUT2D eigenvalue weighted by Gasteiger charge is 2.24. The molecule has 2 N–H and O–H groups in total. The zero-order valence-corrected chi connectivity index (χ0v) is 16.3. The fraction of sp³-hybridized carbons (Fsp3) is 0.190. The van der Waals surface area contributed by atoms with Crippen LogP contribution in [-0.2, 0) is 20.8 Å². The van der Waals surface area contributed by atoms with Gasteiger partial charge in [0.25, 0.3) is 5.69 Å². The van der Waals surface area contributed by atoms with Crippen molar-refractivity contribution in [1.82, 2.24) is 10.6 Å². The van der Waals surface area contributed by atoms with Crippen LogP contribution in [0.3, 0.4) is 0 Å². The molecule has 0 fully saturated rings. The number of rotatable bonds is 9. The minimum Gasteiger partial charge on any atom is -0.425 e. The van der Waals surface area contributed by atoms with Crippen molar-refractivity contribution in [1.29, 1.82) is 0 Å². The lowest BCUT2D eigenvalue weighted by Gasteiger charge is -2.18. The highest BCUT2D eigenvalue weighted by Crippen LogP contribution is 2.18. The Morgan fingerprint density at radius 2 is 1.73 bits per heavy atom. The van der Waals surface area contributed by atoms with Crippen molar-refractivity contribution in [2.75, 3.05) is 6.54 Å². The molecule has 0 aliphatic carbocycles. The molecule has 0 bridgehead atoms. The number of nitrogens with zero attached hydrogens (tertiary/aromatic N) is 1. The van der Waals surface area contributed by atoms with Crippen molar-refractivity contribution >= 4 is 23.5 Å². The van der Waals surface area contributed by atoms with Gasteiger partial charge in [-0.15, -0.1) is 0 Å².